The zero-order valence-electron chi connectivity index (χ0n) is 13.4. The lowest BCUT2D eigenvalue weighted by Crippen LogP contribution is -2.32. The predicted octanol–water partition coefficient (Wildman–Crippen LogP) is 3.21. The first kappa shape index (κ1) is 17.2. The van der Waals surface area contributed by atoms with Crippen LogP contribution in [0.1, 0.15) is 18.9 Å². The fourth-order valence-electron chi connectivity index (χ4n) is 2.40. The minimum atomic E-state index is -3.43. The SMILES string of the molecule is CCN(C(=O)CCS(=O)(=O)c1ccccc1)c1cccc(C)c1. The van der Waals surface area contributed by atoms with E-state index in [1.165, 1.54) is 0 Å². The van der Waals surface area contributed by atoms with E-state index >= 15 is 0 Å². The molecule has 5 heteroatoms. The van der Waals surface area contributed by atoms with Gasteiger partial charge in [0.1, 0.15) is 0 Å². The van der Waals surface area contributed by atoms with Crippen LogP contribution in [-0.4, -0.2) is 26.6 Å². The fourth-order valence-corrected chi connectivity index (χ4v) is 3.65. The summed E-state index contributed by atoms with van der Waals surface area (Å²) in [7, 11) is -3.43. The third-order valence-corrected chi connectivity index (χ3v) is 5.35. The van der Waals surface area contributed by atoms with Gasteiger partial charge in [-0.05, 0) is 43.7 Å². The smallest absolute Gasteiger partial charge is 0.228 e. The topological polar surface area (TPSA) is 54.5 Å². The van der Waals surface area contributed by atoms with Gasteiger partial charge in [0.2, 0.25) is 5.91 Å². The molecule has 0 fully saturated rings. The molecule has 0 spiro atoms. The van der Waals surface area contributed by atoms with E-state index in [0.717, 1.165) is 11.3 Å². The lowest BCUT2D eigenvalue weighted by Gasteiger charge is -2.21. The molecular weight excluding hydrogens is 310 g/mol. The molecule has 23 heavy (non-hydrogen) atoms. The summed E-state index contributed by atoms with van der Waals surface area (Å²) >= 11 is 0. The number of carbonyl (C=O) groups is 1. The maximum absolute atomic E-state index is 12.4. The molecule has 0 heterocycles. The van der Waals surface area contributed by atoms with Gasteiger partial charge in [0, 0.05) is 18.7 Å². The van der Waals surface area contributed by atoms with Crippen molar-refractivity contribution in [2.24, 2.45) is 0 Å². The minimum absolute atomic E-state index is 0.0288. The first-order chi connectivity index (χ1) is 10.9. The Morgan fingerprint density at radius 2 is 1.74 bits per heavy atom. The van der Waals surface area contributed by atoms with Crippen molar-refractivity contribution >= 4 is 21.4 Å². The number of hydrogen-bond acceptors (Lipinski definition) is 3. The van der Waals surface area contributed by atoms with Gasteiger partial charge in [0.05, 0.1) is 10.6 Å². The zero-order chi connectivity index (χ0) is 16.9. The number of rotatable bonds is 6. The van der Waals surface area contributed by atoms with Crippen molar-refractivity contribution in [2.45, 2.75) is 25.2 Å². The standard InChI is InChI=1S/C18H21NO3S/c1-3-19(16-9-7-8-15(2)14-16)18(20)12-13-23(21,22)17-10-5-4-6-11-17/h4-11,14H,3,12-13H2,1-2H3. The van der Waals surface area contributed by atoms with Gasteiger partial charge in [0.15, 0.2) is 9.84 Å². The van der Waals surface area contributed by atoms with E-state index in [9.17, 15) is 13.2 Å². The molecule has 0 atom stereocenters. The highest BCUT2D eigenvalue weighted by Gasteiger charge is 2.19. The Bertz CT molecular complexity index is 770. The van der Waals surface area contributed by atoms with Gasteiger partial charge in [-0.1, -0.05) is 30.3 Å². The number of carbonyl (C=O) groups excluding carboxylic acids is 1. The van der Waals surface area contributed by atoms with Gasteiger partial charge in [-0.25, -0.2) is 8.42 Å². The Morgan fingerprint density at radius 3 is 2.35 bits per heavy atom. The molecular formula is C18H21NO3S. The van der Waals surface area contributed by atoms with Crippen LogP contribution >= 0.6 is 0 Å². The Morgan fingerprint density at radius 1 is 1.04 bits per heavy atom. The first-order valence-electron chi connectivity index (χ1n) is 7.59. The van der Waals surface area contributed by atoms with Crippen LogP contribution in [0, 0.1) is 6.92 Å². The molecule has 2 aromatic rings. The summed E-state index contributed by atoms with van der Waals surface area (Å²) in [6.07, 6.45) is -0.0288. The number of hydrogen-bond donors (Lipinski definition) is 0. The molecule has 0 aromatic heterocycles. The van der Waals surface area contributed by atoms with Crippen LogP contribution in [0.5, 0.6) is 0 Å². The van der Waals surface area contributed by atoms with E-state index in [1.54, 1.807) is 35.2 Å². The van der Waals surface area contributed by atoms with Crippen LogP contribution in [0.25, 0.3) is 0 Å². The van der Waals surface area contributed by atoms with Crippen LogP contribution in [0.2, 0.25) is 0 Å². The van der Waals surface area contributed by atoms with Gasteiger partial charge in [0.25, 0.3) is 0 Å². The molecule has 0 bridgehead atoms. The molecule has 0 aliphatic rings. The van der Waals surface area contributed by atoms with E-state index in [-0.39, 0.29) is 23.0 Å². The summed E-state index contributed by atoms with van der Waals surface area (Å²) in [4.78, 5) is 14.3. The van der Waals surface area contributed by atoms with E-state index in [2.05, 4.69) is 0 Å². The molecule has 0 saturated carbocycles. The number of aryl methyl sites for hydroxylation is 1. The highest BCUT2D eigenvalue weighted by molar-refractivity contribution is 7.91. The van der Waals surface area contributed by atoms with Crippen molar-refractivity contribution < 1.29 is 13.2 Å². The molecule has 4 nitrogen and oxygen atoms in total. The summed E-state index contributed by atoms with van der Waals surface area (Å²) in [5.74, 6) is -0.365. The number of benzene rings is 2. The minimum Gasteiger partial charge on any atom is -0.313 e. The highest BCUT2D eigenvalue weighted by Crippen LogP contribution is 2.18. The predicted molar refractivity (Wildman–Crippen MR) is 92.3 cm³/mol. The van der Waals surface area contributed by atoms with Gasteiger partial charge in [-0.3, -0.25) is 4.79 Å². The Hall–Kier alpha value is -2.14. The number of anilines is 1. The molecule has 2 aromatic carbocycles. The molecule has 0 unspecified atom stereocenters. The normalized spacial score (nSPS) is 11.2. The maximum Gasteiger partial charge on any atom is 0.228 e. The Kier molecular flexibility index (Phi) is 5.55. The number of nitrogens with zero attached hydrogens (tertiary/aromatic N) is 1. The van der Waals surface area contributed by atoms with Crippen molar-refractivity contribution in [3.8, 4) is 0 Å². The van der Waals surface area contributed by atoms with Crippen LogP contribution in [-0.2, 0) is 14.6 Å². The molecule has 1 amide bonds. The van der Waals surface area contributed by atoms with Crippen LogP contribution in [0.3, 0.4) is 0 Å². The van der Waals surface area contributed by atoms with Crippen LogP contribution in [0.15, 0.2) is 59.5 Å². The third-order valence-electron chi connectivity index (χ3n) is 3.62. The second-order valence-electron chi connectivity index (χ2n) is 5.36. The van der Waals surface area contributed by atoms with Gasteiger partial charge < -0.3 is 4.90 Å². The summed E-state index contributed by atoms with van der Waals surface area (Å²) in [6, 6.07) is 15.9. The van der Waals surface area contributed by atoms with E-state index in [4.69, 9.17) is 0 Å². The molecule has 2 rings (SSSR count). The van der Waals surface area contributed by atoms with Crippen molar-refractivity contribution in [2.75, 3.05) is 17.2 Å². The zero-order valence-corrected chi connectivity index (χ0v) is 14.2. The van der Waals surface area contributed by atoms with Crippen LogP contribution in [0.4, 0.5) is 5.69 Å². The highest BCUT2D eigenvalue weighted by atomic mass is 32.2. The molecule has 122 valence electrons. The first-order valence-corrected chi connectivity index (χ1v) is 9.24. The fraction of sp³-hybridized carbons (Fsp3) is 0.278. The van der Waals surface area contributed by atoms with Gasteiger partial charge in [-0.2, -0.15) is 0 Å². The summed E-state index contributed by atoms with van der Waals surface area (Å²) in [6.45, 7) is 4.35. The molecule has 0 N–H and O–H groups in total. The summed E-state index contributed by atoms with van der Waals surface area (Å²) in [5.41, 5.74) is 1.86. The third kappa shape index (κ3) is 4.42. The van der Waals surface area contributed by atoms with Crippen LogP contribution < -0.4 is 4.90 Å². The molecule has 0 aliphatic carbocycles. The lowest BCUT2D eigenvalue weighted by atomic mass is 10.2. The monoisotopic (exact) mass is 331 g/mol. The molecule has 0 radical (unpaired) electrons. The summed E-state index contributed by atoms with van der Waals surface area (Å²) < 4.78 is 24.5. The van der Waals surface area contributed by atoms with Gasteiger partial charge >= 0.3 is 0 Å². The van der Waals surface area contributed by atoms with E-state index < -0.39 is 9.84 Å². The average Bonchev–Trinajstić information content (AvgIpc) is 2.55. The largest absolute Gasteiger partial charge is 0.313 e. The number of amides is 1. The number of sulfone groups is 1. The van der Waals surface area contributed by atoms with Crippen molar-refractivity contribution in [3.63, 3.8) is 0 Å². The van der Waals surface area contributed by atoms with E-state index in [0.29, 0.717) is 6.54 Å². The molecule has 0 saturated heterocycles. The average molecular weight is 331 g/mol. The van der Waals surface area contributed by atoms with Crippen molar-refractivity contribution in [1.82, 2.24) is 0 Å². The van der Waals surface area contributed by atoms with Crippen molar-refractivity contribution in [1.29, 1.82) is 0 Å². The Labute approximate surface area is 137 Å². The van der Waals surface area contributed by atoms with Crippen molar-refractivity contribution in [3.05, 3.63) is 60.2 Å². The second kappa shape index (κ2) is 7.42. The quantitative estimate of drug-likeness (QED) is 0.817. The Balaban J connectivity index is 2.09. The lowest BCUT2D eigenvalue weighted by molar-refractivity contribution is -0.118. The maximum atomic E-state index is 12.4. The summed E-state index contributed by atoms with van der Waals surface area (Å²) in [5, 5.41) is 0. The molecule has 0 aliphatic heterocycles. The van der Waals surface area contributed by atoms with E-state index in [1.807, 2.05) is 38.1 Å². The second-order valence-corrected chi connectivity index (χ2v) is 7.47. The van der Waals surface area contributed by atoms with Gasteiger partial charge in [-0.15, -0.1) is 0 Å².